The lowest BCUT2D eigenvalue weighted by molar-refractivity contribution is -0.141. The van der Waals surface area contributed by atoms with Gasteiger partial charge in [-0.1, -0.05) is 30.3 Å². The van der Waals surface area contributed by atoms with E-state index in [0.29, 0.717) is 0 Å². The Bertz CT molecular complexity index is 916. The van der Waals surface area contributed by atoms with Gasteiger partial charge in [0.05, 0.1) is 0 Å². The standard InChI is InChI=1S/C19H20N4O6/c1-11(24)19(23-18(21)28,12-7-9-13(25)10-8-12)17(27)22-16(15(20)26)29-14-5-3-2-4-6-14/h2-10,16,25H,1H3,(H2,20,26)(H,22,27)(H3,21,23,28). The fourth-order valence-electron chi connectivity index (χ4n) is 2.63. The molecule has 152 valence electrons. The van der Waals surface area contributed by atoms with Crippen LogP contribution in [0.25, 0.3) is 0 Å². The van der Waals surface area contributed by atoms with E-state index in [1.165, 1.54) is 36.4 Å². The summed E-state index contributed by atoms with van der Waals surface area (Å²) in [6.45, 7) is 1.06. The number of carbonyl (C=O) groups excluding carboxylic acids is 4. The minimum atomic E-state index is -2.28. The highest BCUT2D eigenvalue weighted by Crippen LogP contribution is 2.25. The molecule has 10 nitrogen and oxygen atoms in total. The van der Waals surface area contributed by atoms with Crippen molar-refractivity contribution in [3.8, 4) is 11.5 Å². The maximum absolute atomic E-state index is 13.1. The molecule has 0 fully saturated rings. The molecule has 2 aromatic rings. The van der Waals surface area contributed by atoms with E-state index in [-0.39, 0.29) is 17.1 Å². The largest absolute Gasteiger partial charge is 0.508 e. The number of amides is 4. The van der Waals surface area contributed by atoms with E-state index in [1.54, 1.807) is 18.2 Å². The monoisotopic (exact) mass is 400 g/mol. The van der Waals surface area contributed by atoms with Gasteiger partial charge in [0.1, 0.15) is 11.5 Å². The van der Waals surface area contributed by atoms with Crippen molar-refractivity contribution < 1.29 is 29.0 Å². The molecular formula is C19H20N4O6. The van der Waals surface area contributed by atoms with Gasteiger partial charge in [0.25, 0.3) is 18.0 Å². The first-order valence-electron chi connectivity index (χ1n) is 8.37. The Hall–Kier alpha value is -4.08. The molecule has 0 aromatic heterocycles. The summed E-state index contributed by atoms with van der Waals surface area (Å²) in [6.07, 6.45) is -1.64. The third-order valence-corrected chi connectivity index (χ3v) is 4.00. The Kier molecular flexibility index (Phi) is 6.40. The zero-order valence-corrected chi connectivity index (χ0v) is 15.4. The van der Waals surface area contributed by atoms with Crippen molar-refractivity contribution in [3.05, 3.63) is 60.2 Å². The first-order chi connectivity index (χ1) is 13.7. The third-order valence-electron chi connectivity index (χ3n) is 4.00. The van der Waals surface area contributed by atoms with Crippen molar-refractivity contribution in [2.24, 2.45) is 11.5 Å². The third kappa shape index (κ3) is 4.80. The van der Waals surface area contributed by atoms with Gasteiger partial charge in [-0.05, 0) is 36.8 Å². The lowest BCUT2D eigenvalue weighted by Crippen LogP contribution is -2.64. The number of primary amides is 2. The predicted molar refractivity (Wildman–Crippen MR) is 101 cm³/mol. The summed E-state index contributed by atoms with van der Waals surface area (Å²) in [4.78, 5) is 48.9. The van der Waals surface area contributed by atoms with Gasteiger partial charge in [0.2, 0.25) is 5.54 Å². The molecule has 0 bridgehead atoms. The quantitative estimate of drug-likeness (QED) is 0.304. The molecule has 0 heterocycles. The summed E-state index contributed by atoms with van der Waals surface area (Å²) in [5, 5.41) is 13.8. The Morgan fingerprint density at radius 3 is 2.07 bits per heavy atom. The first-order valence-corrected chi connectivity index (χ1v) is 8.37. The number of nitrogens with one attached hydrogen (secondary N) is 2. The molecule has 10 heteroatoms. The molecule has 0 saturated carbocycles. The number of ether oxygens (including phenoxy) is 1. The second kappa shape index (κ2) is 8.74. The Labute approximate surface area is 165 Å². The van der Waals surface area contributed by atoms with Gasteiger partial charge in [-0.2, -0.15) is 0 Å². The summed E-state index contributed by atoms with van der Waals surface area (Å²) >= 11 is 0. The molecule has 0 aliphatic rings. The number of para-hydroxylation sites is 1. The van der Waals surface area contributed by atoms with Crippen LogP contribution in [0.3, 0.4) is 0 Å². The minimum absolute atomic E-state index is 0.00188. The van der Waals surface area contributed by atoms with E-state index in [2.05, 4.69) is 10.6 Å². The molecule has 2 atom stereocenters. The van der Waals surface area contributed by atoms with E-state index in [0.717, 1.165) is 6.92 Å². The van der Waals surface area contributed by atoms with Crippen LogP contribution < -0.4 is 26.8 Å². The van der Waals surface area contributed by atoms with Crippen molar-refractivity contribution in [3.63, 3.8) is 0 Å². The number of hydrogen-bond acceptors (Lipinski definition) is 6. The number of phenolic OH excluding ortho intramolecular Hbond substituents is 1. The average molecular weight is 400 g/mol. The van der Waals surface area contributed by atoms with Crippen LogP contribution in [-0.4, -0.2) is 35.0 Å². The molecule has 0 aliphatic carbocycles. The Balaban J connectivity index is 2.44. The van der Waals surface area contributed by atoms with E-state index >= 15 is 0 Å². The van der Waals surface area contributed by atoms with E-state index < -0.39 is 35.4 Å². The first kappa shape index (κ1) is 21.2. The lowest BCUT2D eigenvalue weighted by atomic mass is 9.85. The van der Waals surface area contributed by atoms with Crippen LogP contribution in [0, 0.1) is 0 Å². The Morgan fingerprint density at radius 1 is 1.00 bits per heavy atom. The fourth-order valence-corrected chi connectivity index (χ4v) is 2.63. The van der Waals surface area contributed by atoms with Crippen LogP contribution in [0.2, 0.25) is 0 Å². The van der Waals surface area contributed by atoms with Crippen molar-refractivity contribution in [1.29, 1.82) is 0 Å². The van der Waals surface area contributed by atoms with Gasteiger partial charge in [-0.15, -0.1) is 0 Å². The number of carbonyl (C=O) groups is 4. The molecule has 29 heavy (non-hydrogen) atoms. The van der Waals surface area contributed by atoms with E-state index in [1.807, 2.05) is 0 Å². The number of phenols is 1. The fraction of sp³-hybridized carbons (Fsp3) is 0.158. The highest BCUT2D eigenvalue weighted by Gasteiger charge is 2.47. The van der Waals surface area contributed by atoms with Crippen LogP contribution in [0.15, 0.2) is 54.6 Å². The molecule has 0 spiro atoms. The highest BCUT2D eigenvalue weighted by atomic mass is 16.5. The van der Waals surface area contributed by atoms with Gasteiger partial charge in [0.15, 0.2) is 5.78 Å². The lowest BCUT2D eigenvalue weighted by Gasteiger charge is -2.32. The van der Waals surface area contributed by atoms with Crippen molar-refractivity contribution in [1.82, 2.24) is 10.6 Å². The van der Waals surface area contributed by atoms with Crippen molar-refractivity contribution in [2.45, 2.75) is 18.7 Å². The molecule has 0 aliphatic heterocycles. The van der Waals surface area contributed by atoms with Crippen molar-refractivity contribution >= 4 is 23.6 Å². The summed E-state index contributed by atoms with van der Waals surface area (Å²) in [7, 11) is 0. The molecule has 2 rings (SSSR count). The second-order valence-corrected chi connectivity index (χ2v) is 6.03. The number of benzene rings is 2. The molecule has 2 aromatic carbocycles. The topological polar surface area (TPSA) is 174 Å². The number of Topliss-reactive ketones (excluding diaryl/α,β-unsaturated/α-hetero) is 1. The van der Waals surface area contributed by atoms with Gasteiger partial charge in [0, 0.05) is 0 Å². The number of aromatic hydroxyl groups is 1. The van der Waals surface area contributed by atoms with Gasteiger partial charge >= 0.3 is 6.03 Å². The number of hydrogen-bond donors (Lipinski definition) is 5. The second-order valence-electron chi connectivity index (χ2n) is 6.03. The summed E-state index contributed by atoms with van der Waals surface area (Å²) < 4.78 is 5.38. The zero-order valence-electron chi connectivity index (χ0n) is 15.4. The summed E-state index contributed by atoms with van der Waals surface area (Å²) in [5.74, 6) is -2.84. The van der Waals surface area contributed by atoms with Gasteiger partial charge in [-0.25, -0.2) is 4.79 Å². The number of urea groups is 1. The van der Waals surface area contributed by atoms with Gasteiger partial charge < -0.3 is 31.9 Å². The minimum Gasteiger partial charge on any atom is -0.508 e. The van der Waals surface area contributed by atoms with Crippen LogP contribution in [0.5, 0.6) is 11.5 Å². The van der Waals surface area contributed by atoms with E-state index in [4.69, 9.17) is 16.2 Å². The molecule has 0 radical (unpaired) electrons. The van der Waals surface area contributed by atoms with Crippen LogP contribution >= 0.6 is 0 Å². The number of ketones is 1. The van der Waals surface area contributed by atoms with Crippen LogP contribution in [0.1, 0.15) is 12.5 Å². The number of rotatable bonds is 8. The smallest absolute Gasteiger partial charge is 0.313 e. The van der Waals surface area contributed by atoms with Crippen LogP contribution in [-0.2, 0) is 19.9 Å². The predicted octanol–water partition coefficient (Wildman–Crippen LogP) is -0.149. The SMILES string of the molecule is CC(=O)C(NC(N)=O)(C(=O)NC(Oc1ccccc1)C(N)=O)c1ccc(O)cc1. The molecule has 7 N–H and O–H groups in total. The maximum Gasteiger partial charge on any atom is 0.313 e. The van der Waals surface area contributed by atoms with E-state index in [9.17, 15) is 24.3 Å². The molecule has 2 unspecified atom stereocenters. The summed E-state index contributed by atoms with van der Waals surface area (Å²) in [5.41, 5.74) is 8.20. The average Bonchev–Trinajstić information content (AvgIpc) is 2.66. The van der Waals surface area contributed by atoms with Crippen molar-refractivity contribution in [2.75, 3.05) is 0 Å². The maximum atomic E-state index is 13.1. The summed E-state index contributed by atoms with van der Waals surface area (Å²) in [6, 6.07) is 11.8. The molecule has 0 saturated heterocycles. The molecular weight excluding hydrogens is 380 g/mol. The Morgan fingerprint density at radius 2 is 1.59 bits per heavy atom. The zero-order chi connectivity index (χ0) is 21.6. The van der Waals surface area contributed by atoms with Crippen LogP contribution in [0.4, 0.5) is 4.79 Å². The number of nitrogens with two attached hydrogens (primary N) is 2. The van der Waals surface area contributed by atoms with Gasteiger partial charge in [-0.3, -0.25) is 14.4 Å². The molecule has 4 amide bonds. The normalized spacial score (nSPS) is 13.4. The highest BCUT2D eigenvalue weighted by molar-refractivity contribution is 6.13.